The number of methoxy groups -OCH3 is 1. The lowest BCUT2D eigenvalue weighted by molar-refractivity contribution is 0.0594. The molecule has 0 atom stereocenters. The lowest BCUT2D eigenvalue weighted by Crippen LogP contribution is -2.46. The third kappa shape index (κ3) is 5.63. The molecule has 2 aromatic carbocycles. The monoisotopic (exact) mass is 481 g/mol. The molecule has 1 fully saturated rings. The van der Waals surface area contributed by atoms with Crippen LogP contribution in [0.4, 0.5) is 0 Å². The maximum absolute atomic E-state index is 13.2. The molecule has 1 aliphatic rings. The zero-order valence-electron chi connectivity index (χ0n) is 20.5. The molecule has 184 valence electrons. The van der Waals surface area contributed by atoms with Gasteiger partial charge in [-0.3, -0.25) is 9.69 Å². The first-order valence-corrected chi connectivity index (χ1v) is 12.4. The van der Waals surface area contributed by atoms with Crippen LogP contribution in [0.15, 0.2) is 91.4 Å². The summed E-state index contributed by atoms with van der Waals surface area (Å²) in [6, 6.07) is 24.8. The molecule has 7 heteroatoms. The average molecular weight is 482 g/mol. The highest BCUT2D eigenvalue weighted by Crippen LogP contribution is 2.23. The summed E-state index contributed by atoms with van der Waals surface area (Å²) >= 11 is 0. The van der Waals surface area contributed by atoms with E-state index in [1.54, 1.807) is 24.2 Å². The molecule has 1 aliphatic heterocycles. The summed E-state index contributed by atoms with van der Waals surface area (Å²) in [7, 11) is 1.69. The van der Waals surface area contributed by atoms with Gasteiger partial charge >= 0.3 is 0 Å². The Balaban J connectivity index is 1.24. The Morgan fingerprint density at radius 2 is 1.67 bits per heavy atom. The molecule has 0 N–H and O–H groups in total. The zero-order chi connectivity index (χ0) is 24.7. The molecule has 0 radical (unpaired) electrons. The van der Waals surface area contributed by atoms with E-state index in [-0.39, 0.29) is 5.91 Å². The molecule has 5 rings (SSSR count). The van der Waals surface area contributed by atoms with Crippen LogP contribution >= 0.6 is 0 Å². The van der Waals surface area contributed by atoms with Crippen molar-refractivity contribution in [3.05, 3.63) is 108 Å². The number of likely N-dealkylation sites (tertiary alicyclic amines) is 1. The van der Waals surface area contributed by atoms with E-state index < -0.39 is 0 Å². The van der Waals surface area contributed by atoms with Crippen molar-refractivity contribution in [2.75, 3.05) is 20.2 Å². The van der Waals surface area contributed by atoms with Crippen LogP contribution in [0.25, 0.3) is 5.82 Å². The van der Waals surface area contributed by atoms with Crippen molar-refractivity contribution in [1.82, 2.24) is 24.6 Å². The highest BCUT2D eigenvalue weighted by molar-refractivity contribution is 5.94. The third-order valence-corrected chi connectivity index (χ3v) is 6.78. The van der Waals surface area contributed by atoms with Crippen LogP contribution in [0.3, 0.4) is 0 Å². The Labute approximate surface area is 212 Å². The quantitative estimate of drug-likeness (QED) is 0.369. The second-order valence-electron chi connectivity index (χ2n) is 9.12. The molecule has 3 heterocycles. The molecule has 7 nitrogen and oxygen atoms in total. The van der Waals surface area contributed by atoms with Crippen LogP contribution in [-0.2, 0) is 13.1 Å². The number of ether oxygens (including phenoxy) is 1. The zero-order valence-corrected chi connectivity index (χ0v) is 20.5. The van der Waals surface area contributed by atoms with Crippen molar-refractivity contribution in [1.29, 1.82) is 0 Å². The number of hydrogen-bond donors (Lipinski definition) is 0. The smallest absolute Gasteiger partial charge is 0.255 e. The summed E-state index contributed by atoms with van der Waals surface area (Å²) in [5, 5.41) is 4.19. The number of carbonyl (C=O) groups is 1. The van der Waals surface area contributed by atoms with Crippen molar-refractivity contribution in [2.24, 2.45) is 0 Å². The van der Waals surface area contributed by atoms with Crippen molar-refractivity contribution in [3.8, 4) is 11.6 Å². The number of pyridine rings is 1. The van der Waals surface area contributed by atoms with E-state index in [1.807, 2.05) is 41.4 Å². The van der Waals surface area contributed by atoms with E-state index in [0.29, 0.717) is 17.4 Å². The fraction of sp³-hybridized carbons (Fsp3) is 0.276. The Kier molecular flexibility index (Phi) is 7.38. The predicted molar refractivity (Wildman–Crippen MR) is 139 cm³/mol. The predicted octanol–water partition coefficient (Wildman–Crippen LogP) is 4.58. The lowest BCUT2D eigenvalue weighted by atomic mass is 10.0. The lowest BCUT2D eigenvalue weighted by Gasteiger charge is -2.39. The number of nitrogens with zero attached hydrogens (tertiary/aromatic N) is 5. The third-order valence-electron chi connectivity index (χ3n) is 6.78. The number of rotatable bonds is 8. The van der Waals surface area contributed by atoms with E-state index in [0.717, 1.165) is 44.8 Å². The topological polar surface area (TPSA) is 63.5 Å². The Hall–Kier alpha value is -3.97. The van der Waals surface area contributed by atoms with Gasteiger partial charge in [0.15, 0.2) is 5.82 Å². The molecule has 36 heavy (non-hydrogen) atoms. The van der Waals surface area contributed by atoms with Crippen molar-refractivity contribution >= 4 is 5.91 Å². The summed E-state index contributed by atoms with van der Waals surface area (Å²) in [6.45, 7) is 3.21. The minimum atomic E-state index is 0.0396. The van der Waals surface area contributed by atoms with Gasteiger partial charge in [0, 0.05) is 50.8 Å². The second-order valence-corrected chi connectivity index (χ2v) is 9.12. The highest BCUT2D eigenvalue weighted by Gasteiger charge is 2.28. The molecular weight excluding hydrogens is 450 g/mol. The minimum Gasteiger partial charge on any atom is -0.497 e. The van der Waals surface area contributed by atoms with Gasteiger partial charge in [-0.05, 0) is 54.3 Å². The second kappa shape index (κ2) is 11.2. The highest BCUT2D eigenvalue weighted by atomic mass is 16.5. The number of piperidine rings is 1. The Bertz CT molecular complexity index is 1230. The van der Waals surface area contributed by atoms with Crippen LogP contribution in [0, 0.1) is 0 Å². The van der Waals surface area contributed by atoms with E-state index in [4.69, 9.17) is 4.74 Å². The van der Waals surface area contributed by atoms with Gasteiger partial charge < -0.3 is 9.64 Å². The fourth-order valence-corrected chi connectivity index (χ4v) is 4.77. The molecule has 0 aliphatic carbocycles. The molecular formula is C29H31N5O2. The molecule has 0 unspecified atom stereocenters. The number of carbonyl (C=O) groups excluding carboxylic acids is 1. The van der Waals surface area contributed by atoms with Crippen molar-refractivity contribution < 1.29 is 9.53 Å². The number of benzene rings is 2. The van der Waals surface area contributed by atoms with E-state index in [9.17, 15) is 4.79 Å². The minimum absolute atomic E-state index is 0.0396. The van der Waals surface area contributed by atoms with Gasteiger partial charge in [-0.2, -0.15) is 5.10 Å². The first-order chi connectivity index (χ1) is 17.7. The van der Waals surface area contributed by atoms with Crippen LogP contribution in [-0.4, -0.2) is 56.7 Å². The first kappa shape index (κ1) is 23.8. The molecule has 0 saturated carbocycles. The van der Waals surface area contributed by atoms with Gasteiger partial charge in [-0.25, -0.2) is 9.67 Å². The molecule has 1 saturated heterocycles. The van der Waals surface area contributed by atoms with Crippen LogP contribution in [0.1, 0.15) is 34.3 Å². The van der Waals surface area contributed by atoms with Gasteiger partial charge in [0.25, 0.3) is 5.91 Å². The standard InChI is InChI=1S/C29H31N5O2/c1-36-27-11-8-24(9-12-27)22-33(21-23-6-3-2-4-7-23)26-14-18-32(19-15-26)29(35)25-10-13-28(30-20-25)34-17-5-16-31-34/h2-13,16-17,20,26H,14-15,18-19,21-22H2,1H3. The maximum Gasteiger partial charge on any atom is 0.255 e. The van der Waals surface area contributed by atoms with Crippen LogP contribution in [0.5, 0.6) is 5.75 Å². The summed E-state index contributed by atoms with van der Waals surface area (Å²) in [5.41, 5.74) is 3.17. The normalized spacial score (nSPS) is 14.2. The molecule has 0 bridgehead atoms. The molecule has 1 amide bonds. The van der Waals surface area contributed by atoms with Gasteiger partial charge in [-0.1, -0.05) is 42.5 Å². The molecule has 2 aromatic heterocycles. The summed E-state index contributed by atoms with van der Waals surface area (Å²) in [6.07, 6.45) is 7.07. The summed E-state index contributed by atoms with van der Waals surface area (Å²) < 4.78 is 7.01. The summed E-state index contributed by atoms with van der Waals surface area (Å²) in [4.78, 5) is 22.1. The van der Waals surface area contributed by atoms with Crippen LogP contribution in [0.2, 0.25) is 0 Å². The van der Waals surface area contributed by atoms with Crippen molar-refractivity contribution in [2.45, 2.75) is 32.0 Å². The SMILES string of the molecule is COc1ccc(CN(Cc2ccccc2)C2CCN(C(=O)c3ccc(-n4cccn4)nc3)CC2)cc1. The number of hydrogen-bond acceptors (Lipinski definition) is 5. The largest absolute Gasteiger partial charge is 0.497 e. The Morgan fingerprint density at radius 1 is 0.944 bits per heavy atom. The van der Waals surface area contributed by atoms with Gasteiger partial charge in [-0.15, -0.1) is 0 Å². The van der Waals surface area contributed by atoms with Crippen molar-refractivity contribution in [3.63, 3.8) is 0 Å². The van der Waals surface area contributed by atoms with Gasteiger partial charge in [0.1, 0.15) is 5.75 Å². The van der Waals surface area contributed by atoms with Gasteiger partial charge in [0.05, 0.1) is 12.7 Å². The Morgan fingerprint density at radius 3 is 2.28 bits per heavy atom. The fourth-order valence-electron chi connectivity index (χ4n) is 4.77. The first-order valence-electron chi connectivity index (χ1n) is 12.4. The molecule has 0 spiro atoms. The van der Waals surface area contributed by atoms with E-state index in [1.165, 1.54) is 11.1 Å². The maximum atomic E-state index is 13.2. The van der Waals surface area contributed by atoms with Gasteiger partial charge in [0.2, 0.25) is 0 Å². The van der Waals surface area contributed by atoms with Crippen LogP contribution < -0.4 is 4.74 Å². The number of aromatic nitrogens is 3. The van der Waals surface area contributed by atoms with E-state index in [2.05, 4.69) is 57.4 Å². The average Bonchev–Trinajstić information content (AvgIpc) is 3.49. The number of amides is 1. The summed E-state index contributed by atoms with van der Waals surface area (Å²) in [5.74, 6) is 1.61. The molecule has 4 aromatic rings. The van der Waals surface area contributed by atoms with E-state index >= 15 is 0 Å².